The molecule has 4 nitrogen and oxygen atoms in total. The Morgan fingerprint density at radius 2 is 1.77 bits per heavy atom. The van der Waals surface area contributed by atoms with Gasteiger partial charge in [0.05, 0.1) is 18.8 Å². The van der Waals surface area contributed by atoms with Crippen LogP contribution in [-0.4, -0.2) is 42.9 Å². The summed E-state index contributed by atoms with van der Waals surface area (Å²) in [6.07, 6.45) is -0.0328. The molecule has 0 radical (unpaired) electrons. The van der Waals surface area contributed by atoms with Crippen LogP contribution < -0.4 is 0 Å². The third kappa shape index (κ3) is 2.67. The van der Waals surface area contributed by atoms with Crippen LogP contribution in [0.4, 0.5) is 0 Å². The van der Waals surface area contributed by atoms with Crippen molar-refractivity contribution in [1.82, 2.24) is 4.90 Å². The number of hydrogen-bond donors (Lipinski definition) is 0. The predicted molar refractivity (Wildman–Crippen MR) is 48.2 cm³/mol. The van der Waals surface area contributed by atoms with Crippen LogP contribution in [0.2, 0.25) is 0 Å². The zero-order valence-corrected chi connectivity index (χ0v) is 8.61. The molecule has 0 aromatic heterocycles. The van der Waals surface area contributed by atoms with Gasteiger partial charge in [0, 0.05) is 14.0 Å². The Balaban J connectivity index is 2.35. The van der Waals surface area contributed by atoms with Gasteiger partial charge in [0.2, 0.25) is 5.91 Å². The molecule has 0 aromatic carbocycles. The van der Waals surface area contributed by atoms with Crippen LogP contribution in [0.1, 0.15) is 20.8 Å². The lowest BCUT2D eigenvalue weighted by atomic mass is 10.3. The minimum Gasteiger partial charge on any atom is -0.345 e. The molecule has 2 unspecified atom stereocenters. The Morgan fingerprint density at radius 1 is 1.31 bits per heavy atom. The fraction of sp³-hybridized carbons (Fsp3) is 0.889. The number of hydrogen-bond acceptors (Lipinski definition) is 3. The lowest BCUT2D eigenvalue weighted by Gasteiger charge is -2.18. The van der Waals surface area contributed by atoms with Crippen molar-refractivity contribution in [3.05, 3.63) is 0 Å². The molecular formula is C9H17NO3. The van der Waals surface area contributed by atoms with Crippen molar-refractivity contribution in [3.63, 3.8) is 0 Å². The van der Waals surface area contributed by atoms with Crippen LogP contribution in [0, 0.1) is 0 Å². The fourth-order valence-corrected chi connectivity index (χ4v) is 1.17. The highest BCUT2D eigenvalue weighted by molar-refractivity contribution is 5.72. The first-order chi connectivity index (χ1) is 6.00. The van der Waals surface area contributed by atoms with Gasteiger partial charge in [-0.05, 0) is 13.8 Å². The fourth-order valence-electron chi connectivity index (χ4n) is 1.17. The van der Waals surface area contributed by atoms with Crippen LogP contribution in [0.3, 0.4) is 0 Å². The first-order valence-electron chi connectivity index (χ1n) is 4.53. The highest BCUT2D eigenvalue weighted by Gasteiger charge is 2.30. The lowest BCUT2D eigenvalue weighted by molar-refractivity contribution is -0.134. The molecule has 0 saturated carbocycles. The highest BCUT2D eigenvalue weighted by Crippen LogP contribution is 2.18. The van der Waals surface area contributed by atoms with Crippen molar-refractivity contribution in [3.8, 4) is 0 Å². The smallest absolute Gasteiger partial charge is 0.219 e. The van der Waals surface area contributed by atoms with Crippen LogP contribution >= 0.6 is 0 Å². The molecule has 4 heteroatoms. The zero-order valence-electron chi connectivity index (χ0n) is 8.61. The molecule has 1 aliphatic heterocycles. The van der Waals surface area contributed by atoms with E-state index >= 15 is 0 Å². The number of rotatable bonds is 2. The lowest BCUT2D eigenvalue weighted by Crippen LogP contribution is -2.33. The van der Waals surface area contributed by atoms with Gasteiger partial charge in [-0.25, -0.2) is 0 Å². The zero-order chi connectivity index (χ0) is 10.0. The Morgan fingerprint density at radius 3 is 2.15 bits per heavy atom. The summed E-state index contributed by atoms with van der Waals surface area (Å²) in [4.78, 5) is 12.5. The van der Waals surface area contributed by atoms with E-state index in [1.807, 2.05) is 13.8 Å². The van der Waals surface area contributed by atoms with Crippen molar-refractivity contribution in [1.29, 1.82) is 0 Å². The van der Waals surface area contributed by atoms with Crippen molar-refractivity contribution >= 4 is 5.91 Å². The molecule has 1 amide bonds. The van der Waals surface area contributed by atoms with E-state index in [-0.39, 0.29) is 24.4 Å². The number of ether oxygens (including phenoxy) is 2. The number of carbonyl (C=O) groups is 1. The summed E-state index contributed by atoms with van der Waals surface area (Å²) in [5, 5.41) is 0. The van der Waals surface area contributed by atoms with E-state index in [1.54, 1.807) is 11.9 Å². The van der Waals surface area contributed by atoms with Gasteiger partial charge >= 0.3 is 0 Å². The van der Waals surface area contributed by atoms with Gasteiger partial charge in [0.25, 0.3) is 0 Å². The first kappa shape index (κ1) is 10.5. The quantitative estimate of drug-likeness (QED) is 0.636. The Kier molecular flexibility index (Phi) is 3.27. The maximum atomic E-state index is 10.9. The van der Waals surface area contributed by atoms with Gasteiger partial charge in [0.1, 0.15) is 0 Å². The van der Waals surface area contributed by atoms with Gasteiger partial charge in [-0.3, -0.25) is 4.79 Å². The molecule has 3 atom stereocenters. The molecule has 0 aromatic rings. The van der Waals surface area contributed by atoms with Crippen LogP contribution in [0.5, 0.6) is 0 Å². The van der Waals surface area contributed by atoms with Gasteiger partial charge in [-0.1, -0.05) is 0 Å². The van der Waals surface area contributed by atoms with E-state index < -0.39 is 0 Å². The van der Waals surface area contributed by atoms with Crippen LogP contribution in [-0.2, 0) is 14.3 Å². The normalized spacial score (nSPS) is 33.4. The highest BCUT2D eigenvalue weighted by atomic mass is 16.7. The van der Waals surface area contributed by atoms with Gasteiger partial charge < -0.3 is 14.4 Å². The second-order valence-electron chi connectivity index (χ2n) is 3.51. The van der Waals surface area contributed by atoms with Gasteiger partial charge in [-0.15, -0.1) is 0 Å². The number of amides is 1. The average Bonchev–Trinajstić information content (AvgIpc) is 2.31. The molecule has 0 N–H and O–H groups in total. The molecule has 1 aliphatic rings. The SMILES string of the molecule is CC(=O)N(C)CC1OC(C)[C@H](C)O1. The van der Waals surface area contributed by atoms with Crippen molar-refractivity contribution < 1.29 is 14.3 Å². The summed E-state index contributed by atoms with van der Waals surface area (Å²) in [5.74, 6) is 0.0272. The van der Waals surface area contributed by atoms with E-state index in [4.69, 9.17) is 9.47 Å². The predicted octanol–water partition coefficient (Wildman–Crippen LogP) is 0.615. The molecular weight excluding hydrogens is 170 g/mol. The third-order valence-corrected chi connectivity index (χ3v) is 2.35. The van der Waals surface area contributed by atoms with Crippen molar-refractivity contribution in [2.24, 2.45) is 0 Å². The van der Waals surface area contributed by atoms with E-state index in [0.717, 1.165) is 0 Å². The molecule has 1 fully saturated rings. The van der Waals surface area contributed by atoms with E-state index in [1.165, 1.54) is 6.92 Å². The third-order valence-electron chi connectivity index (χ3n) is 2.35. The maximum Gasteiger partial charge on any atom is 0.219 e. The Labute approximate surface area is 78.8 Å². The number of nitrogens with zero attached hydrogens (tertiary/aromatic N) is 1. The minimum atomic E-state index is -0.265. The summed E-state index contributed by atoms with van der Waals surface area (Å²) in [6, 6.07) is 0. The van der Waals surface area contributed by atoms with Crippen LogP contribution in [0.15, 0.2) is 0 Å². The molecule has 1 heterocycles. The summed E-state index contributed by atoms with van der Waals surface area (Å²) in [7, 11) is 1.74. The van der Waals surface area contributed by atoms with Crippen LogP contribution in [0.25, 0.3) is 0 Å². The monoisotopic (exact) mass is 187 g/mol. The Hall–Kier alpha value is -0.610. The molecule has 0 spiro atoms. The molecule has 1 rings (SSSR count). The number of carbonyl (C=O) groups excluding carboxylic acids is 1. The van der Waals surface area contributed by atoms with E-state index in [2.05, 4.69) is 0 Å². The standard InChI is InChI=1S/C9H17NO3/c1-6-7(2)13-9(12-6)5-10(4)8(3)11/h6-7,9H,5H2,1-4H3/t6-,7?,9?/m0/s1. The molecule has 0 bridgehead atoms. The van der Waals surface area contributed by atoms with Gasteiger partial charge in [-0.2, -0.15) is 0 Å². The number of likely N-dealkylation sites (N-methyl/N-ethyl adjacent to an activating group) is 1. The van der Waals surface area contributed by atoms with Crippen molar-refractivity contribution in [2.45, 2.75) is 39.3 Å². The summed E-state index contributed by atoms with van der Waals surface area (Å²) in [5.41, 5.74) is 0. The van der Waals surface area contributed by atoms with E-state index in [0.29, 0.717) is 6.54 Å². The summed E-state index contributed by atoms with van der Waals surface area (Å²) < 4.78 is 11.0. The molecule has 13 heavy (non-hydrogen) atoms. The first-order valence-corrected chi connectivity index (χ1v) is 4.53. The average molecular weight is 187 g/mol. The molecule has 0 aliphatic carbocycles. The van der Waals surface area contributed by atoms with E-state index in [9.17, 15) is 4.79 Å². The molecule has 1 saturated heterocycles. The molecule has 76 valence electrons. The summed E-state index contributed by atoms with van der Waals surface area (Å²) in [6.45, 7) is 5.97. The topological polar surface area (TPSA) is 38.8 Å². The Bertz CT molecular complexity index is 185. The van der Waals surface area contributed by atoms with Crippen molar-refractivity contribution in [2.75, 3.05) is 13.6 Å². The second kappa shape index (κ2) is 4.07. The second-order valence-corrected chi connectivity index (χ2v) is 3.51. The summed E-state index contributed by atoms with van der Waals surface area (Å²) >= 11 is 0. The largest absolute Gasteiger partial charge is 0.345 e. The maximum absolute atomic E-state index is 10.9. The minimum absolute atomic E-state index is 0.0272. The van der Waals surface area contributed by atoms with Gasteiger partial charge in [0.15, 0.2) is 6.29 Å².